The second kappa shape index (κ2) is 4.72. The van der Waals surface area contributed by atoms with Crippen molar-refractivity contribution in [2.45, 2.75) is 0 Å². The van der Waals surface area contributed by atoms with Gasteiger partial charge in [0.2, 0.25) is 0 Å². The molecule has 0 bridgehead atoms. The minimum atomic E-state index is -0.334. The number of benzene rings is 1. The lowest BCUT2D eigenvalue weighted by Crippen LogP contribution is -2.28. The molecule has 1 aromatic heterocycles. The molecule has 4 N–H and O–H groups in total. The van der Waals surface area contributed by atoms with Gasteiger partial charge >= 0.3 is 0 Å². The Morgan fingerprint density at radius 3 is 2.56 bits per heavy atom. The fraction of sp³-hybridized carbons (Fsp3) is 0.100. The van der Waals surface area contributed by atoms with Gasteiger partial charge in [-0.15, -0.1) is 0 Å². The maximum atomic E-state index is 9.85. The first-order valence-corrected chi connectivity index (χ1v) is 4.93. The van der Waals surface area contributed by atoms with E-state index < -0.39 is 0 Å². The number of anilines is 2. The Hall–Kier alpha value is -2.61. The van der Waals surface area contributed by atoms with Gasteiger partial charge in [-0.25, -0.2) is 9.69 Å². The number of nitrogens with two attached hydrogens (primary N) is 1. The standard InChI is InChI=1S/C10H11N5O3/c1-17-7-4-2-6(3-5-7)15(16)10(12)8-9(11)14-18-13-8/h2-5,12,16H,1H3,(H2,11,14). The molecular formula is C10H11N5O3. The summed E-state index contributed by atoms with van der Waals surface area (Å²) in [5.74, 6) is 0.243. The van der Waals surface area contributed by atoms with E-state index in [2.05, 4.69) is 14.9 Å². The van der Waals surface area contributed by atoms with Crippen LogP contribution in [0.5, 0.6) is 5.75 Å². The van der Waals surface area contributed by atoms with E-state index >= 15 is 0 Å². The average molecular weight is 249 g/mol. The smallest absolute Gasteiger partial charge is 0.199 e. The summed E-state index contributed by atoms with van der Waals surface area (Å²) in [4.78, 5) is 0. The van der Waals surface area contributed by atoms with Gasteiger partial charge in [-0.1, -0.05) is 0 Å². The predicted octanol–water partition coefficient (Wildman–Crippen LogP) is 0.882. The van der Waals surface area contributed by atoms with Crippen LogP contribution in [0.25, 0.3) is 0 Å². The van der Waals surface area contributed by atoms with Crippen molar-refractivity contribution in [1.82, 2.24) is 10.3 Å². The summed E-state index contributed by atoms with van der Waals surface area (Å²) in [6.45, 7) is 0. The number of nitrogens with one attached hydrogen (secondary N) is 1. The van der Waals surface area contributed by atoms with Gasteiger partial charge in [0.15, 0.2) is 17.3 Å². The van der Waals surface area contributed by atoms with Gasteiger partial charge in [0.1, 0.15) is 5.75 Å². The van der Waals surface area contributed by atoms with Crippen LogP contribution >= 0.6 is 0 Å². The van der Waals surface area contributed by atoms with Crippen molar-refractivity contribution in [1.29, 1.82) is 5.41 Å². The lowest BCUT2D eigenvalue weighted by Gasteiger charge is -2.16. The summed E-state index contributed by atoms with van der Waals surface area (Å²) in [6, 6.07) is 6.46. The maximum absolute atomic E-state index is 9.85. The van der Waals surface area contributed by atoms with Crippen LogP contribution in [0.3, 0.4) is 0 Å². The lowest BCUT2D eigenvalue weighted by molar-refractivity contribution is 0.300. The van der Waals surface area contributed by atoms with E-state index in [-0.39, 0.29) is 17.3 Å². The number of nitrogens with zero attached hydrogens (tertiary/aromatic N) is 3. The van der Waals surface area contributed by atoms with E-state index in [4.69, 9.17) is 15.9 Å². The third-order valence-electron chi connectivity index (χ3n) is 2.27. The van der Waals surface area contributed by atoms with E-state index in [1.807, 2.05) is 0 Å². The SMILES string of the molecule is COc1ccc(N(O)C(=N)c2nonc2N)cc1. The molecule has 0 aliphatic carbocycles. The van der Waals surface area contributed by atoms with Gasteiger partial charge in [-0.3, -0.25) is 10.6 Å². The van der Waals surface area contributed by atoms with Crippen LogP contribution in [0.15, 0.2) is 28.9 Å². The fourth-order valence-electron chi connectivity index (χ4n) is 1.31. The van der Waals surface area contributed by atoms with Crippen LogP contribution in [0, 0.1) is 5.41 Å². The highest BCUT2D eigenvalue weighted by Crippen LogP contribution is 2.20. The molecule has 0 aliphatic heterocycles. The van der Waals surface area contributed by atoms with Crippen molar-refractivity contribution in [2.75, 3.05) is 17.9 Å². The van der Waals surface area contributed by atoms with Crippen LogP contribution in [0.2, 0.25) is 0 Å². The second-order valence-electron chi connectivity index (χ2n) is 3.36. The molecule has 0 amide bonds. The Morgan fingerprint density at radius 1 is 1.39 bits per heavy atom. The van der Waals surface area contributed by atoms with Crippen LogP contribution in [0.1, 0.15) is 5.69 Å². The Morgan fingerprint density at radius 2 is 2.06 bits per heavy atom. The number of hydrogen-bond donors (Lipinski definition) is 3. The van der Waals surface area contributed by atoms with E-state index in [0.29, 0.717) is 16.5 Å². The molecular weight excluding hydrogens is 238 g/mol. The average Bonchev–Trinajstić information content (AvgIpc) is 2.83. The summed E-state index contributed by atoms with van der Waals surface area (Å²) in [5.41, 5.74) is 5.77. The number of rotatable bonds is 3. The fourth-order valence-corrected chi connectivity index (χ4v) is 1.31. The minimum Gasteiger partial charge on any atom is -0.497 e. The number of amidine groups is 1. The van der Waals surface area contributed by atoms with Crippen molar-refractivity contribution in [2.24, 2.45) is 0 Å². The third kappa shape index (κ3) is 2.09. The first kappa shape index (κ1) is 11.9. The molecule has 1 aromatic carbocycles. The number of methoxy groups -OCH3 is 1. The minimum absolute atomic E-state index is 0.0340. The highest BCUT2D eigenvalue weighted by molar-refractivity contribution is 6.07. The topological polar surface area (TPSA) is 121 Å². The monoisotopic (exact) mass is 249 g/mol. The normalized spacial score (nSPS) is 10.1. The number of hydrogen-bond acceptors (Lipinski definition) is 7. The van der Waals surface area contributed by atoms with Crippen molar-refractivity contribution < 1.29 is 14.6 Å². The largest absolute Gasteiger partial charge is 0.497 e. The van der Waals surface area contributed by atoms with Crippen molar-refractivity contribution in [3.63, 3.8) is 0 Å². The first-order chi connectivity index (χ1) is 8.63. The molecule has 8 nitrogen and oxygen atoms in total. The molecule has 0 aliphatic rings. The number of ether oxygens (including phenoxy) is 1. The molecule has 0 unspecified atom stereocenters. The summed E-state index contributed by atoms with van der Waals surface area (Å²) in [7, 11) is 1.54. The third-order valence-corrected chi connectivity index (χ3v) is 2.27. The van der Waals surface area contributed by atoms with Crippen LogP contribution in [0.4, 0.5) is 11.5 Å². The molecule has 2 rings (SSSR count). The Balaban J connectivity index is 2.23. The van der Waals surface area contributed by atoms with Gasteiger partial charge < -0.3 is 10.5 Å². The van der Waals surface area contributed by atoms with E-state index in [9.17, 15) is 5.21 Å². The van der Waals surface area contributed by atoms with Gasteiger partial charge in [-0.05, 0) is 34.6 Å². The molecule has 0 saturated heterocycles. The van der Waals surface area contributed by atoms with Gasteiger partial charge in [0, 0.05) is 0 Å². The first-order valence-electron chi connectivity index (χ1n) is 4.93. The summed E-state index contributed by atoms with van der Waals surface area (Å²) < 4.78 is 9.35. The quantitative estimate of drug-likeness (QED) is 0.419. The highest BCUT2D eigenvalue weighted by Gasteiger charge is 2.19. The lowest BCUT2D eigenvalue weighted by atomic mass is 10.3. The molecule has 94 valence electrons. The predicted molar refractivity (Wildman–Crippen MR) is 62.8 cm³/mol. The molecule has 0 radical (unpaired) electrons. The van der Waals surface area contributed by atoms with E-state index in [1.54, 1.807) is 24.3 Å². The van der Waals surface area contributed by atoms with Crippen LogP contribution in [-0.2, 0) is 0 Å². The molecule has 0 saturated carbocycles. The molecule has 1 heterocycles. The van der Waals surface area contributed by atoms with Crippen molar-refractivity contribution in [3.05, 3.63) is 30.0 Å². The second-order valence-corrected chi connectivity index (χ2v) is 3.36. The molecule has 0 spiro atoms. The van der Waals surface area contributed by atoms with Gasteiger partial charge in [0.25, 0.3) is 0 Å². The molecule has 0 atom stereocenters. The van der Waals surface area contributed by atoms with Crippen molar-refractivity contribution >= 4 is 17.3 Å². The Bertz CT molecular complexity index is 551. The van der Waals surface area contributed by atoms with Crippen LogP contribution < -0.4 is 15.5 Å². The zero-order valence-electron chi connectivity index (χ0n) is 9.49. The zero-order chi connectivity index (χ0) is 13.1. The van der Waals surface area contributed by atoms with E-state index in [0.717, 1.165) is 0 Å². The molecule has 2 aromatic rings. The Labute approximate surface area is 102 Å². The Kier molecular flexibility index (Phi) is 3.11. The molecule has 18 heavy (non-hydrogen) atoms. The molecule has 0 fully saturated rings. The number of hydroxylamine groups is 1. The zero-order valence-corrected chi connectivity index (χ0v) is 9.49. The van der Waals surface area contributed by atoms with Gasteiger partial charge in [0.05, 0.1) is 12.8 Å². The van der Waals surface area contributed by atoms with E-state index in [1.165, 1.54) is 7.11 Å². The van der Waals surface area contributed by atoms with Crippen LogP contribution in [-0.4, -0.2) is 28.5 Å². The van der Waals surface area contributed by atoms with Gasteiger partial charge in [-0.2, -0.15) is 0 Å². The number of nitrogen functional groups attached to an aromatic ring is 1. The maximum Gasteiger partial charge on any atom is 0.199 e. The van der Waals surface area contributed by atoms with Crippen molar-refractivity contribution in [3.8, 4) is 5.75 Å². The molecule has 8 heteroatoms. The number of aromatic nitrogens is 2. The highest BCUT2D eigenvalue weighted by atomic mass is 16.6. The summed E-state index contributed by atoms with van der Waals surface area (Å²) in [6.07, 6.45) is 0. The summed E-state index contributed by atoms with van der Waals surface area (Å²) in [5, 5.41) is 25.0. The summed E-state index contributed by atoms with van der Waals surface area (Å²) >= 11 is 0.